The Balaban J connectivity index is 1.53. The predicted octanol–water partition coefficient (Wildman–Crippen LogP) is 3.65. The van der Waals surface area contributed by atoms with Gasteiger partial charge in [0.15, 0.2) is 0 Å². The summed E-state index contributed by atoms with van der Waals surface area (Å²) in [6.07, 6.45) is 1.73. The molecule has 0 bridgehead atoms. The van der Waals surface area contributed by atoms with E-state index in [0.717, 1.165) is 12.8 Å². The smallest absolute Gasteiger partial charge is 0.335 e. The molecule has 0 unspecified atom stereocenters. The van der Waals surface area contributed by atoms with Crippen LogP contribution in [0.4, 0.5) is 0 Å². The normalized spacial score (nSPS) is 14.9. The molecule has 0 spiro atoms. The van der Waals surface area contributed by atoms with Gasteiger partial charge >= 0.3 is 5.97 Å². The summed E-state index contributed by atoms with van der Waals surface area (Å²) >= 11 is 6.12. The minimum absolute atomic E-state index is 0.00346. The average Bonchev–Trinajstić information content (AvgIpc) is 2.64. The lowest BCUT2D eigenvalue weighted by Crippen LogP contribution is -2.42. The van der Waals surface area contributed by atoms with Gasteiger partial charge < -0.3 is 14.7 Å². The fraction of sp³-hybridized carbons (Fsp3) is 0.300. The molecule has 1 amide bonds. The highest BCUT2D eigenvalue weighted by Crippen LogP contribution is 2.26. The Labute approximate surface area is 157 Å². The molecule has 5 nitrogen and oxygen atoms in total. The third-order valence-corrected chi connectivity index (χ3v) is 4.77. The number of piperidine rings is 1. The summed E-state index contributed by atoms with van der Waals surface area (Å²) in [4.78, 5) is 25.3. The van der Waals surface area contributed by atoms with Crippen molar-refractivity contribution >= 4 is 23.5 Å². The monoisotopic (exact) mass is 373 g/mol. The second-order valence-electron chi connectivity index (χ2n) is 6.31. The van der Waals surface area contributed by atoms with Crippen LogP contribution in [0.15, 0.2) is 48.5 Å². The van der Waals surface area contributed by atoms with Gasteiger partial charge in [0, 0.05) is 25.9 Å². The molecule has 6 heteroatoms. The van der Waals surface area contributed by atoms with Crippen LogP contribution in [-0.4, -0.2) is 41.1 Å². The molecule has 1 aliphatic rings. The third kappa shape index (κ3) is 4.55. The second-order valence-corrected chi connectivity index (χ2v) is 6.72. The molecule has 26 heavy (non-hydrogen) atoms. The van der Waals surface area contributed by atoms with Crippen molar-refractivity contribution in [3.63, 3.8) is 0 Å². The summed E-state index contributed by atoms with van der Waals surface area (Å²) in [6, 6.07) is 13.9. The van der Waals surface area contributed by atoms with Crippen LogP contribution >= 0.6 is 11.6 Å². The fourth-order valence-electron chi connectivity index (χ4n) is 3.04. The number of likely N-dealkylation sites (tertiary alicyclic amines) is 1. The first kappa shape index (κ1) is 18.3. The van der Waals surface area contributed by atoms with Gasteiger partial charge in [0.1, 0.15) is 11.9 Å². The molecule has 0 atom stereocenters. The molecule has 1 fully saturated rings. The van der Waals surface area contributed by atoms with Crippen molar-refractivity contribution in [3.8, 4) is 5.75 Å². The zero-order valence-corrected chi connectivity index (χ0v) is 15.0. The molecule has 1 N–H and O–H groups in total. The number of aromatic carboxylic acids is 1. The van der Waals surface area contributed by atoms with Crippen molar-refractivity contribution < 1.29 is 19.4 Å². The number of carboxylic acid groups (broad SMARTS) is 1. The number of hydrogen-bond donors (Lipinski definition) is 1. The lowest BCUT2D eigenvalue weighted by molar-refractivity contribution is -0.132. The van der Waals surface area contributed by atoms with E-state index in [4.69, 9.17) is 21.4 Å². The van der Waals surface area contributed by atoms with Crippen molar-refractivity contribution in [2.24, 2.45) is 0 Å². The molecule has 3 rings (SSSR count). The van der Waals surface area contributed by atoms with Gasteiger partial charge in [-0.05, 0) is 29.8 Å². The standard InChI is InChI=1S/C20H20ClNO4/c21-17-6-1-2-7-18(17)26-16-8-10-22(11-9-16)19(23)13-14-4-3-5-15(12-14)20(24)25/h1-7,12,16H,8-11,13H2,(H,24,25). The molecular formula is C20H20ClNO4. The predicted molar refractivity (Wildman–Crippen MR) is 98.8 cm³/mol. The maximum atomic E-state index is 12.5. The summed E-state index contributed by atoms with van der Waals surface area (Å²) < 4.78 is 5.94. The summed E-state index contributed by atoms with van der Waals surface area (Å²) in [5.41, 5.74) is 0.909. The van der Waals surface area contributed by atoms with Crippen molar-refractivity contribution in [1.29, 1.82) is 0 Å². The van der Waals surface area contributed by atoms with Crippen LogP contribution in [0.2, 0.25) is 5.02 Å². The van der Waals surface area contributed by atoms with Crippen LogP contribution in [0.25, 0.3) is 0 Å². The van der Waals surface area contributed by atoms with Gasteiger partial charge in [-0.2, -0.15) is 0 Å². The Morgan fingerprint density at radius 2 is 1.85 bits per heavy atom. The van der Waals surface area contributed by atoms with E-state index < -0.39 is 5.97 Å². The van der Waals surface area contributed by atoms with E-state index in [0.29, 0.717) is 29.4 Å². The van der Waals surface area contributed by atoms with E-state index >= 15 is 0 Å². The molecule has 2 aromatic rings. The maximum absolute atomic E-state index is 12.5. The number of para-hydroxylation sites is 1. The number of benzene rings is 2. The van der Waals surface area contributed by atoms with E-state index in [1.165, 1.54) is 6.07 Å². The molecule has 1 aliphatic heterocycles. The molecule has 0 radical (unpaired) electrons. The quantitative estimate of drug-likeness (QED) is 0.868. The van der Waals surface area contributed by atoms with Crippen molar-refractivity contribution in [1.82, 2.24) is 4.90 Å². The number of nitrogens with zero attached hydrogens (tertiary/aromatic N) is 1. The highest BCUT2D eigenvalue weighted by atomic mass is 35.5. The van der Waals surface area contributed by atoms with Gasteiger partial charge in [-0.15, -0.1) is 0 Å². The van der Waals surface area contributed by atoms with E-state index in [1.54, 1.807) is 29.2 Å². The van der Waals surface area contributed by atoms with E-state index in [2.05, 4.69) is 0 Å². The zero-order chi connectivity index (χ0) is 18.5. The van der Waals surface area contributed by atoms with E-state index in [9.17, 15) is 9.59 Å². The number of ether oxygens (including phenoxy) is 1. The number of carboxylic acids is 1. The van der Waals surface area contributed by atoms with Gasteiger partial charge in [-0.1, -0.05) is 35.9 Å². The molecule has 2 aromatic carbocycles. The summed E-state index contributed by atoms with van der Waals surface area (Å²) in [7, 11) is 0. The topological polar surface area (TPSA) is 66.8 Å². The van der Waals surface area contributed by atoms with Crippen LogP contribution in [0, 0.1) is 0 Å². The SMILES string of the molecule is O=C(O)c1cccc(CC(=O)N2CCC(Oc3ccccc3Cl)CC2)c1. The minimum Gasteiger partial charge on any atom is -0.489 e. The molecular weight excluding hydrogens is 354 g/mol. The second kappa shape index (κ2) is 8.23. The van der Waals surface area contributed by atoms with Crippen LogP contribution in [0.5, 0.6) is 5.75 Å². The number of rotatable bonds is 5. The van der Waals surface area contributed by atoms with Gasteiger partial charge in [-0.25, -0.2) is 4.79 Å². The first-order chi connectivity index (χ1) is 12.5. The minimum atomic E-state index is -0.989. The van der Waals surface area contributed by atoms with Crippen molar-refractivity contribution in [2.75, 3.05) is 13.1 Å². The molecule has 0 aromatic heterocycles. The van der Waals surface area contributed by atoms with Gasteiger partial charge in [0.25, 0.3) is 0 Å². The van der Waals surface area contributed by atoms with Gasteiger partial charge in [-0.3, -0.25) is 4.79 Å². The lowest BCUT2D eigenvalue weighted by Gasteiger charge is -2.32. The highest BCUT2D eigenvalue weighted by molar-refractivity contribution is 6.32. The van der Waals surface area contributed by atoms with Gasteiger partial charge in [0.05, 0.1) is 17.0 Å². The third-order valence-electron chi connectivity index (χ3n) is 4.45. The summed E-state index contributed by atoms with van der Waals surface area (Å²) in [6.45, 7) is 1.24. The Hall–Kier alpha value is -2.53. The van der Waals surface area contributed by atoms with Crippen LogP contribution in [0.3, 0.4) is 0 Å². The lowest BCUT2D eigenvalue weighted by atomic mass is 10.0. The van der Waals surface area contributed by atoms with Crippen LogP contribution in [0.1, 0.15) is 28.8 Å². The first-order valence-electron chi connectivity index (χ1n) is 8.54. The average molecular weight is 374 g/mol. The Bertz CT molecular complexity index is 800. The van der Waals surface area contributed by atoms with Crippen LogP contribution < -0.4 is 4.74 Å². The molecule has 0 saturated carbocycles. The Kier molecular flexibility index (Phi) is 5.78. The van der Waals surface area contributed by atoms with Crippen molar-refractivity contribution in [3.05, 3.63) is 64.7 Å². The zero-order valence-electron chi connectivity index (χ0n) is 14.2. The van der Waals surface area contributed by atoms with E-state index in [1.807, 2.05) is 18.2 Å². The molecule has 136 valence electrons. The maximum Gasteiger partial charge on any atom is 0.335 e. The molecule has 1 heterocycles. The number of amides is 1. The van der Waals surface area contributed by atoms with E-state index in [-0.39, 0.29) is 24.0 Å². The molecule has 0 aliphatic carbocycles. The van der Waals surface area contributed by atoms with Gasteiger partial charge in [0.2, 0.25) is 5.91 Å². The molecule has 1 saturated heterocycles. The largest absolute Gasteiger partial charge is 0.489 e. The fourth-order valence-corrected chi connectivity index (χ4v) is 3.22. The summed E-state index contributed by atoms with van der Waals surface area (Å²) in [5.74, 6) is -0.315. The first-order valence-corrected chi connectivity index (χ1v) is 8.92. The highest BCUT2D eigenvalue weighted by Gasteiger charge is 2.24. The number of carbonyl (C=O) groups is 2. The number of hydrogen-bond acceptors (Lipinski definition) is 3. The number of carbonyl (C=O) groups excluding carboxylic acids is 1. The Morgan fingerprint density at radius 1 is 1.12 bits per heavy atom. The Morgan fingerprint density at radius 3 is 2.54 bits per heavy atom. The van der Waals surface area contributed by atoms with Crippen LogP contribution in [-0.2, 0) is 11.2 Å². The number of halogens is 1. The summed E-state index contributed by atoms with van der Waals surface area (Å²) in [5, 5.41) is 9.63. The van der Waals surface area contributed by atoms with Crippen molar-refractivity contribution in [2.45, 2.75) is 25.4 Å².